The molecule has 28 heavy (non-hydrogen) atoms. The van der Waals surface area contributed by atoms with Crippen LogP contribution in [0, 0.1) is 5.92 Å². The van der Waals surface area contributed by atoms with Crippen molar-refractivity contribution in [1.82, 2.24) is 9.21 Å². The van der Waals surface area contributed by atoms with Gasteiger partial charge in [0.15, 0.2) is 0 Å². The maximum Gasteiger partial charge on any atom is 0.409 e. The van der Waals surface area contributed by atoms with E-state index in [2.05, 4.69) is 5.32 Å². The second kappa shape index (κ2) is 8.91. The van der Waals surface area contributed by atoms with Crippen molar-refractivity contribution >= 4 is 27.7 Å². The lowest BCUT2D eigenvalue weighted by Gasteiger charge is -2.31. The number of benzene rings is 1. The van der Waals surface area contributed by atoms with Gasteiger partial charge in [0.2, 0.25) is 15.9 Å². The highest BCUT2D eigenvalue weighted by atomic mass is 32.2. The van der Waals surface area contributed by atoms with E-state index in [1.165, 1.54) is 10.4 Å². The molecular formula is C19H27N3O5S. The molecule has 3 rings (SSSR count). The van der Waals surface area contributed by atoms with Crippen LogP contribution >= 0.6 is 0 Å². The van der Waals surface area contributed by atoms with Gasteiger partial charge >= 0.3 is 6.09 Å². The summed E-state index contributed by atoms with van der Waals surface area (Å²) in [6, 6.07) is 6.35. The molecule has 0 radical (unpaired) electrons. The molecule has 0 bridgehead atoms. The fraction of sp³-hybridized carbons (Fsp3) is 0.579. The molecule has 1 aromatic rings. The normalized spacial score (nSPS) is 20.8. The van der Waals surface area contributed by atoms with E-state index in [1.54, 1.807) is 30.0 Å². The summed E-state index contributed by atoms with van der Waals surface area (Å²) in [6.45, 7) is 3.98. The summed E-state index contributed by atoms with van der Waals surface area (Å²) in [6.07, 6.45) is 2.73. The average molecular weight is 410 g/mol. The van der Waals surface area contributed by atoms with Gasteiger partial charge in [-0.1, -0.05) is 6.07 Å². The Morgan fingerprint density at radius 2 is 1.93 bits per heavy atom. The summed E-state index contributed by atoms with van der Waals surface area (Å²) in [7, 11) is -3.54. The van der Waals surface area contributed by atoms with Crippen molar-refractivity contribution in [3.05, 3.63) is 24.3 Å². The number of likely N-dealkylation sites (tertiary alicyclic amines) is 1. The first-order valence-electron chi connectivity index (χ1n) is 9.74. The molecule has 2 aliphatic heterocycles. The average Bonchev–Trinajstić information content (AvgIpc) is 3.24. The fourth-order valence-electron chi connectivity index (χ4n) is 3.63. The fourth-order valence-corrected chi connectivity index (χ4v) is 5.19. The SMILES string of the molecule is CCOC(=O)N1CCCC(C(=O)Nc2cccc(S(=O)(=O)N3CCCC3)c2)C1. The van der Waals surface area contributed by atoms with Crippen LogP contribution in [0.5, 0.6) is 0 Å². The second-order valence-electron chi connectivity index (χ2n) is 7.11. The highest BCUT2D eigenvalue weighted by Gasteiger charge is 2.30. The van der Waals surface area contributed by atoms with Crippen molar-refractivity contribution in [2.45, 2.75) is 37.5 Å². The van der Waals surface area contributed by atoms with Crippen LogP contribution in [0.25, 0.3) is 0 Å². The first-order chi connectivity index (χ1) is 13.4. The smallest absolute Gasteiger partial charge is 0.409 e. The summed E-state index contributed by atoms with van der Waals surface area (Å²) in [5.74, 6) is -0.568. The van der Waals surface area contributed by atoms with Crippen LogP contribution in [-0.4, -0.2) is 62.4 Å². The lowest BCUT2D eigenvalue weighted by atomic mass is 9.97. The van der Waals surface area contributed by atoms with Gasteiger partial charge in [0.05, 0.1) is 17.4 Å². The lowest BCUT2D eigenvalue weighted by Crippen LogP contribution is -2.44. The third-order valence-electron chi connectivity index (χ3n) is 5.12. The first kappa shape index (κ1) is 20.6. The van der Waals surface area contributed by atoms with Crippen molar-refractivity contribution in [3.63, 3.8) is 0 Å². The lowest BCUT2D eigenvalue weighted by molar-refractivity contribution is -0.121. The third-order valence-corrected chi connectivity index (χ3v) is 7.02. The van der Waals surface area contributed by atoms with E-state index < -0.39 is 16.1 Å². The molecule has 8 nitrogen and oxygen atoms in total. The minimum absolute atomic E-state index is 0.184. The molecule has 2 aliphatic rings. The zero-order valence-corrected chi connectivity index (χ0v) is 16.9. The summed E-state index contributed by atoms with van der Waals surface area (Å²) in [5, 5.41) is 2.81. The van der Waals surface area contributed by atoms with E-state index in [-0.39, 0.29) is 16.7 Å². The Kier molecular flexibility index (Phi) is 6.56. The molecule has 1 unspecified atom stereocenters. The Hall–Kier alpha value is -2.13. The Bertz CT molecular complexity index is 821. The second-order valence-corrected chi connectivity index (χ2v) is 9.05. The summed E-state index contributed by atoms with van der Waals surface area (Å²) >= 11 is 0. The summed E-state index contributed by atoms with van der Waals surface area (Å²) in [4.78, 5) is 26.3. The number of amides is 2. The number of anilines is 1. The van der Waals surface area contributed by atoms with Gasteiger partial charge in [0.25, 0.3) is 0 Å². The van der Waals surface area contributed by atoms with E-state index in [0.717, 1.165) is 19.3 Å². The van der Waals surface area contributed by atoms with Gasteiger partial charge in [-0.3, -0.25) is 4.79 Å². The molecule has 9 heteroatoms. The molecule has 1 atom stereocenters. The molecule has 154 valence electrons. The maximum atomic E-state index is 12.7. The number of hydrogen-bond donors (Lipinski definition) is 1. The minimum atomic E-state index is -3.54. The van der Waals surface area contributed by atoms with Gasteiger partial charge in [-0.05, 0) is 50.8 Å². The largest absolute Gasteiger partial charge is 0.450 e. The molecule has 2 amide bonds. The molecule has 1 N–H and O–H groups in total. The van der Waals surface area contributed by atoms with Crippen molar-refractivity contribution < 1.29 is 22.7 Å². The molecule has 2 fully saturated rings. The zero-order chi connectivity index (χ0) is 20.1. The molecular weight excluding hydrogens is 382 g/mol. The van der Waals surface area contributed by atoms with Crippen molar-refractivity contribution in [3.8, 4) is 0 Å². The van der Waals surface area contributed by atoms with Crippen molar-refractivity contribution in [2.24, 2.45) is 5.92 Å². The molecule has 0 saturated carbocycles. The van der Waals surface area contributed by atoms with Crippen LogP contribution in [0.4, 0.5) is 10.5 Å². The van der Waals surface area contributed by atoms with Gasteiger partial charge in [0.1, 0.15) is 0 Å². The third kappa shape index (κ3) is 4.64. The van der Waals surface area contributed by atoms with Crippen LogP contribution in [0.2, 0.25) is 0 Å². The number of hydrogen-bond acceptors (Lipinski definition) is 5. The van der Waals surface area contributed by atoms with Crippen molar-refractivity contribution in [2.75, 3.05) is 38.1 Å². The Morgan fingerprint density at radius 1 is 1.18 bits per heavy atom. The monoisotopic (exact) mass is 409 g/mol. The van der Waals surface area contributed by atoms with Crippen LogP contribution in [0.1, 0.15) is 32.6 Å². The Labute approximate surface area is 165 Å². The predicted molar refractivity (Wildman–Crippen MR) is 104 cm³/mol. The number of carbonyl (C=O) groups is 2. The minimum Gasteiger partial charge on any atom is -0.450 e. The number of ether oxygens (including phenoxy) is 1. The van der Waals surface area contributed by atoms with E-state index in [0.29, 0.717) is 44.9 Å². The van der Waals surface area contributed by atoms with Crippen LogP contribution in [-0.2, 0) is 19.6 Å². The highest BCUT2D eigenvalue weighted by Crippen LogP contribution is 2.24. The Morgan fingerprint density at radius 3 is 2.64 bits per heavy atom. The number of rotatable bonds is 5. The number of nitrogens with one attached hydrogen (secondary N) is 1. The number of carbonyl (C=O) groups excluding carboxylic acids is 2. The molecule has 0 aliphatic carbocycles. The van der Waals surface area contributed by atoms with E-state index in [4.69, 9.17) is 4.74 Å². The van der Waals surface area contributed by atoms with Gasteiger partial charge in [0, 0.05) is 31.9 Å². The molecule has 1 aromatic carbocycles. The standard InChI is InChI=1S/C19H27N3O5S/c1-2-27-19(24)21-10-6-7-15(14-21)18(23)20-16-8-5-9-17(13-16)28(25,26)22-11-3-4-12-22/h5,8-9,13,15H,2-4,6-7,10-12,14H2,1H3,(H,20,23). The van der Waals surface area contributed by atoms with Crippen molar-refractivity contribution in [1.29, 1.82) is 0 Å². The topological polar surface area (TPSA) is 96.0 Å². The molecule has 0 spiro atoms. The van der Waals surface area contributed by atoms with Crippen LogP contribution in [0.15, 0.2) is 29.2 Å². The summed E-state index contributed by atoms with van der Waals surface area (Å²) < 4.78 is 31.9. The van der Waals surface area contributed by atoms with Gasteiger partial charge < -0.3 is 15.0 Å². The van der Waals surface area contributed by atoms with Gasteiger partial charge in [-0.25, -0.2) is 13.2 Å². The van der Waals surface area contributed by atoms with Gasteiger partial charge in [-0.2, -0.15) is 4.31 Å². The first-order valence-corrected chi connectivity index (χ1v) is 11.2. The highest BCUT2D eigenvalue weighted by molar-refractivity contribution is 7.89. The zero-order valence-electron chi connectivity index (χ0n) is 16.1. The molecule has 0 aromatic heterocycles. The van der Waals surface area contributed by atoms with E-state index >= 15 is 0 Å². The van der Waals surface area contributed by atoms with Gasteiger partial charge in [-0.15, -0.1) is 0 Å². The summed E-state index contributed by atoms with van der Waals surface area (Å²) in [5.41, 5.74) is 0.443. The predicted octanol–water partition coefficient (Wildman–Crippen LogP) is 2.28. The number of nitrogens with zero attached hydrogens (tertiary/aromatic N) is 2. The van der Waals surface area contributed by atoms with E-state index in [9.17, 15) is 18.0 Å². The number of piperidine rings is 1. The van der Waals surface area contributed by atoms with Crippen LogP contribution < -0.4 is 5.32 Å². The maximum absolute atomic E-state index is 12.7. The molecule has 2 saturated heterocycles. The number of sulfonamides is 1. The molecule has 2 heterocycles. The quantitative estimate of drug-likeness (QED) is 0.805. The van der Waals surface area contributed by atoms with E-state index in [1.807, 2.05) is 0 Å². The Balaban J connectivity index is 1.66. The van der Waals surface area contributed by atoms with Crippen LogP contribution in [0.3, 0.4) is 0 Å².